The molecule has 5 rings (SSSR count). The van der Waals surface area contributed by atoms with Crippen LogP contribution in [0.3, 0.4) is 0 Å². The van der Waals surface area contributed by atoms with Crippen LogP contribution in [0.2, 0.25) is 0 Å². The molecule has 30 heavy (non-hydrogen) atoms. The Kier molecular flexibility index (Phi) is 3.74. The molecule has 4 aliphatic carbocycles. The Morgan fingerprint density at radius 3 is 2.40 bits per heavy atom. The molecule has 2 saturated carbocycles. The monoisotopic (exact) mass is 411 g/mol. The minimum Gasteiger partial charge on any atom is -0.508 e. The number of hydrogen-bond donors (Lipinski definition) is 5. The lowest BCUT2D eigenvalue weighted by Crippen LogP contribution is -2.58. The Balaban J connectivity index is 1.71. The average Bonchev–Trinajstić information content (AvgIpc) is 3.49. The minimum atomic E-state index is -2.51. The molecule has 0 aromatic heterocycles. The van der Waals surface area contributed by atoms with Gasteiger partial charge in [0.15, 0.2) is 11.4 Å². The van der Waals surface area contributed by atoms with Crippen molar-refractivity contribution < 1.29 is 34.8 Å². The smallest absolute Gasteiger partial charge is 0.255 e. The Hall–Kier alpha value is -3.13. The van der Waals surface area contributed by atoms with Gasteiger partial charge in [-0.1, -0.05) is 6.07 Å². The number of amides is 1. The molecule has 2 fully saturated rings. The van der Waals surface area contributed by atoms with E-state index in [1.807, 2.05) is 6.07 Å². The molecular formula is C22H21NO7. The van der Waals surface area contributed by atoms with Gasteiger partial charge in [0, 0.05) is 17.9 Å². The number of ketones is 2. The number of aromatic hydroxyl groups is 1. The van der Waals surface area contributed by atoms with Crippen LogP contribution in [-0.4, -0.2) is 43.5 Å². The van der Waals surface area contributed by atoms with Gasteiger partial charge in [0.1, 0.15) is 22.8 Å². The van der Waals surface area contributed by atoms with Crippen molar-refractivity contribution >= 4 is 23.2 Å². The van der Waals surface area contributed by atoms with Gasteiger partial charge in [0.2, 0.25) is 5.78 Å². The number of carbonyl (C=O) groups is 3. The number of phenolic OH excluding ortho intramolecular Hbond substituents is 1. The Morgan fingerprint density at radius 1 is 1.07 bits per heavy atom. The largest absolute Gasteiger partial charge is 0.508 e. The fourth-order valence-corrected chi connectivity index (χ4v) is 5.42. The van der Waals surface area contributed by atoms with E-state index in [1.54, 1.807) is 0 Å². The molecule has 0 spiro atoms. The molecule has 0 heterocycles. The van der Waals surface area contributed by atoms with Gasteiger partial charge in [0.05, 0.1) is 5.56 Å². The third-order valence-electron chi connectivity index (χ3n) is 7.00. The number of Topliss-reactive ketones (excluding diaryl/α,β-unsaturated/α-hetero) is 2. The molecule has 4 aliphatic rings. The molecule has 3 atom stereocenters. The fraction of sp³-hybridized carbons (Fsp3) is 0.409. The first-order valence-corrected chi connectivity index (χ1v) is 9.98. The highest BCUT2D eigenvalue weighted by Gasteiger charge is 2.60. The minimum absolute atomic E-state index is 0.103. The summed E-state index contributed by atoms with van der Waals surface area (Å²) >= 11 is 0. The van der Waals surface area contributed by atoms with Crippen molar-refractivity contribution in [1.29, 1.82) is 0 Å². The number of fused-ring (bicyclic) bond motifs is 3. The molecule has 8 nitrogen and oxygen atoms in total. The maximum Gasteiger partial charge on any atom is 0.255 e. The lowest BCUT2D eigenvalue weighted by Gasteiger charge is -2.46. The first-order valence-electron chi connectivity index (χ1n) is 9.98. The summed E-state index contributed by atoms with van der Waals surface area (Å²) in [7, 11) is 0. The van der Waals surface area contributed by atoms with Crippen LogP contribution < -0.4 is 5.73 Å². The normalized spacial score (nSPS) is 30.7. The summed E-state index contributed by atoms with van der Waals surface area (Å²) in [5, 5.41) is 43.1. The van der Waals surface area contributed by atoms with Crippen LogP contribution in [-0.2, 0) is 20.8 Å². The molecule has 0 aliphatic heterocycles. The van der Waals surface area contributed by atoms with Gasteiger partial charge < -0.3 is 26.2 Å². The van der Waals surface area contributed by atoms with Crippen LogP contribution in [0.1, 0.15) is 48.3 Å². The predicted octanol–water partition coefficient (Wildman–Crippen LogP) is 1.30. The molecule has 156 valence electrons. The standard InChI is InChI=1S/C22H21NO7/c23-21(29)17-14(25)7-10-5-9-6-12-11(8-1-2-8)3-4-13(24)16(12)18(26)15(9)19(27)22(10,30)20(17)28/h3-4,8-10,24,26,28,30H,1-2,5-7H2,(H2,23,29)/t9-,10+,22+/m1/s1. The number of phenols is 1. The van der Waals surface area contributed by atoms with Gasteiger partial charge in [-0.05, 0) is 54.7 Å². The van der Waals surface area contributed by atoms with E-state index in [4.69, 9.17) is 5.73 Å². The van der Waals surface area contributed by atoms with Crippen LogP contribution in [0, 0.1) is 11.8 Å². The molecule has 1 amide bonds. The summed E-state index contributed by atoms with van der Waals surface area (Å²) in [6.07, 6.45) is 2.25. The van der Waals surface area contributed by atoms with Gasteiger partial charge in [-0.15, -0.1) is 0 Å². The van der Waals surface area contributed by atoms with E-state index < -0.39 is 52.0 Å². The maximum absolute atomic E-state index is 13.4. The number of nitrogens with two attached hydrogens (primary N) is 1. The van der Waals surface area contributed by atoms with Crippen molar-refractivity contribution in [2.75, 3.05) is 0 Å². The van der Waals surface area contributed by atoms with Crippen molar-refractivity contribution in [2.24, 2.45) is 17.6 Å². The van der Waals surface area contributed by atoms with Gasteiger partial charge in [-0.2, -0.15) is 0 Å². The number of aliphatic hydroxyl groups excluding tert-OH is 2. The molecule has 0 unspecified atom stereocenters. The lowest BCUT2D eigenvalue weighted by molar-refractivity contribution is -0.147. The number of primary amides is 1. The number of rotatable bonds is 2. The van der Waals surface area contributed by atoms with E-state index >= 15 is 0 Å². The fourth-order valence-electron chi connectivity index (χ4n) is 5.42. The molecule has 1 aromatic rings. The summed E-state index contributed by atoms with van der Waals surface area (Å²) in [5.41, 5.74) is 3.75. The highest BCUT2D eigenvalue weighted by molar-refractivity contribution is 6.22. The van der Waals surface area contributed by atoms with Crippen LogP contribution >= 0.6 is 0 Å². The molecule has 0 radical (unpaired) electrons. The molecule has 8 heteroatoms. The highest BCUT2D eigenvalue weighted by atomic mass is 16.3. The van der Waals surface area contributed by atoms with Crippen molar-refractivity contribution in [3.05, 3.63) is 45.7 Å². The summed E-state index contributed by atoms with van der Waals surface area (Å²) in [5.74, 6) is -5.62. The SMILES string of the molecule is NC(=O)C1=C(O)[C@@]2(O)C(=O)C3=C(O)c4c(O)ccc(C5CC5)c4C[C@H]3C[C@H]2CC1=O. The van der Waals surface area contributed by atoms with Crippen LogP contribution in [0.5, 0.6) is 5.75 Å². The average molecular weight is 411 g/mol. The quantitative estimate of drug-likeness (QED) is 0.459. The van der Waals surface area contributed by atoms with E-state index in [1.165, 1.54) is 6.07 Å². The Labute approximate surface area is 171 Å². The zero-order valence-corrected chi connectivity index (χ0v) is 16.0. The Morgan fingerprint density at radius 2 is 1.77 bits per heavy atom. The number of aliphatic hydroxyl groups is 3. The van der Waals surface area contributed by atoms with Crippen molar-refractivity contribution in [2.45, 2.75) is 43.6 Å². The zero-order chi connectivity index (χ0) is 21.5. The summed E-state index contributed by atoms with van der Waals surface area (Å²) in [4.78, 5) is 37.3. The van der Waals surface area contributed by atoms with Crippen molar-refractivity contribution in [3.63, 3.8) is 0 Å². The van der Waals surface area contributed by atoms with Gasteiger partial charge in [0.25, 0.3) is 5.91 Å². The van der Waals surface area contributed by atoms with E-state index in [-0.39, 0.29) is 29.7 Å². The zero-order valence-electron chi connectivity index (χ0n) is 16.0. The number of hydrogen-bond acceptors (Lipinski definition) is 7. The van der Waals surface area contributed by atoms with E-state index in [0.29, 0.717) is 12.3 Å². The molecule has 0 saturated heterocycles. The van der Waals surface area contributed by atoms with Crippen molar-refractivity contribution in [1.82, 2.24) is 0 Å². The second-order valence-electron chi connectivity index (χ2n) is 8.71. The molecule has 0 bridgehead atoms. The molecule has 6 N–H and O–H groups in total. The Bertz CT molecular complexity index is 1110. The lowest BCUT2D eigenvalue weighted by atomic mass is 9.59. The van der Waals surface area contributed by atoms with Gasteiger partial charge in [-0.3, -0.25) is 14.4 Å². The van der Waals surface area contributed by atoms with E-state index in [0.717, 1.165) is 24.0 Å². The van der Waals surface area contributed by atoms with Crippen molar-refractivity contribution in [3.8, 4) is 5.75 Å². The third kappa shape index (κ3) is 2.28. The first kappa shape index (κ1) is 18.9. The first-order chi connectivity index (χ1) is 14.2. The second-order valence-corrected chi connectivity index (χ2v) is 8.71. The second kappa shape index (κ2) is 5.95. The maximum atomic E-state index is 13.4. The summed E-state index contributed by atoms with van der Waals surface area (Å²) in [6, 6.07) is 3.32. The van der Waals surface area contributed by atoms with E-state index in [9.17, 15) is 34.8 Å². The third-order valence-corrected chi connectivity index (χ3v) is 7.00. The van der Waals surface area contributed by atoms with Crippen LogP contribution in [0.4, 0.5) is 0 Å². The topological polar surface area (TPSA) is 158 Å². The van der Waals surface area contributed by atoms with Crippen LogP contribution in [0.15, 0.2) is 29.0 Å². The molecule has 1 aromatic carbocycles. The highest BCUT2D eigenvalue weighted by Crippen LogP contribution is 2.54. The van der Waals surface area contributed by atoms with E-state index in [2.05, 4.69) is 0 Å². The number of benzene rings is 1. The van der Waals surface area contributed by atoms with Gasteiger partial charge in [-0.25, -0.2) is 0 Å². The molecular weight excluding hydrogens is 390 g/mol. The van der Waals surface area contributed by atoms with Gasteiger partial charge >= 0.3 is 0 Å². The van der Waals surface area contributed by atoms with Crippen LogP contribution in [0.25, 0.3) is 5.76 Å². The summed E-state index contributed by atoms with van der Waals surface area (Å²) in [6.45, 7) is 0. The number of carbonyl (C=O) groups excluding carboxylic acids is 3. The predicted molar refractivity (Wildman–Crippen MR) is 103 cm³/mol. The summed E-state index contributed by atoms with van der Waals surface area (Å²) < 4.78 is 0.